The number of amides is 2. The Morgan fingerprint density at radius 2 is 2.00 bits per heavy atom. The number of nitrogens with one attached hydrogen (secondary N) is 2. The van der Waals surface area contributed by atoms with Gasteiger partial charge in [-0.3, -0.25) is 24.9 Å². The number of hydrogen-bond donors (Lipinski definition) is 4. The SMILES string of the molecule is C[C@@H](O)[C@H](NC(=O)c1ccc(-c2cccc([N+](=O)[O-])c2)s1)C(=O)NO. The number of carbonyl (C=O) groups is 2. The third-order valence-electron chi connectivity index (χ3n) is 3.33. The van der Waals surface area contributed by atoms with E-state index in [0.29, 0.717) is 10.4 Å². The highest BCUT2D eigenvalue weighted by atomic mass is 32.1. The van der Waals surface area contributed by atoms with E-state index in [0.717, 1.165) is 11.3 Å². The van der Waals surface area contributed by atoms with Gasteiger partial charge in [-0.25, -0.2) is 5.48 Å². The largest absolute Gasteiger partial charge is 0.391 e. The van der Waals surface area contributed by atoms with Gasteiger partial charge in [0.1, 0.15) is 6.04 Å². The van der Waals surface area contributed by atoms with E-state index in [1.807, 2.05) is 0 Å². The Morgan fingerprint density at radius 1 is 1.28 bits per heavy atom. The Bertz CT molecular complexity index is 804. The van der Waals surface area contributed by atoms with Crippen LogP contribution in [0.5, 0.6) is 0 Å². The standard InChI is InChI=1S/C15H15N3O6S/c1-8(19)13(15(21)17-22)16-14(20)12-6-5-11(25-12)9-3-2-4-10(7-9)18(23)24/h2-8,13,19,22H,1H3,(H,16,20)(H,17,21)/t8-,13+/m1/s1. The predicted octanol–water partition coefficient (Wildman–Crippen LogP) is 1.31. The molecule has 2 rings (SSSR count). The molecule has 2 atom stereocenters. The topological polar surface area (TPSA) is 142 Å². The van der Waals surface area contributed by atoms with Crippen LogP contribution in [0.15, 0.2) is 36.4 Å². The van der Waals surface area contributed by atoms with E-state index >= 15 is 0 Å². The van der Waals surface area contributed by atoms with E-state index in [-0.39, 0.29) is 10.6 Å². The first kappa shape index (κ1) is 18.5. The summed E-state index contributed by atoms with van der Waals surface area (Å²) in [4.78, 5) is 34.9. The van der Waals surface area contributed by atoms with Crippen LogP contribution in [-0.2, 0) is 4.79 Å². The first-order chi connectivity index (χ1) is 11.8. The second-order valence-electron chi connectivity index (χ2n) is 5.14. The number of rotatable bonds is 6. The molecule has 0 aliphatic rings. The second kappa shape index (κ2) is 7.83. The smallest absolute Gasteiger partial charge is 0.270 e. The van der Waals surface area contributed by atoms with E-state index in [1.165, 1.54) is 30.6 Å². The first-order valence-corrected chi connectivity index (χ1v) is 7.92. The fraction of sp³-hybridized carbons (Fsp3) is 0.200. The Kier molecular flexibility index (Phi) is 5.80. The minimum Gasteiger partial charge on any atom is -0.391 e. The molecule has 0 aliphatic carbocycles. The number of thiophene rings is 1. The predicted molar refractivity (Wildman–Crippen MR) is 89.3 cm³/mol. The normalized spacial score (nSPS) is 12.9. The van der Waals surface area contributed by atoms with Gasteiger partial charge in [-0.1, -0.05) is 12.1 Å². The maximum atomic E-state index is 12.2. The molecule has 0 radical (unpaired) electrons. The van der Waals surface area contributed by atoms with Gasteiger partial charge in [0.15, 0.2) is 0 Å². The third-order valence-corrected chi connectivity index (χ3v) is 4.47. The highest BCUT2D eigenvalue weighted by Gasteiger charge is 2.26. The summed E-state index contributed by atoms with van der Waals surface area (Å²) in [6.45, 7) is 1.29. The van der Waals surface area contributed by atoms with E-state index in [2.05, 4.69) is 5.32 Å². The number of nitrogens with zero attached hydrogens (tertiary/aromatic N) is 1. The lowest BCUT2D eigenvalue weighted by Crippen LogP contribution is -2.51. The quantitative estimate of drug-likeness (QED) is 0.345. The summed E-state index contributed by atoms with van der Waals surface area (Å²) in [6, 6.07) is 7.80. The lowest BCUT2D eigenvalue weighted by atomic mass is 10.1. The molecule has 1 aromatic carbocycles. The second-order valence-corrected chi connectivity index (χ2v) is 6.22. The molecular weight excluding hydrogens is 350 g/mol. The number of aliphatic hydroxyl groups is 1. The molecule has 0 saturated heterocycles. The Balaban J connectivity index is 2.20. The van der Waals surface area contributed by atoms with Gasteiger partial charge in [0.25, 0.3) is 17.5 Å². The average Bonchev–Trinajstić information content (AvgIpc) is 3.08. The fourth-order valence-corrected chi connectivity index (χ4v) is 2.98. The summed E-state index contributed by atoms with van der Waals surface area (Å²) in [6.07, 6.45) is -1.22. The molecule has 25 heavy (non-hydrogen) atoms. The molecule has 2 aromatic rings. The van der Waals surface area contributed by atoms with Crippen molar-refractivity contribution in [2.24, 2.45) is 0 Å². The van der Waals surface area contributed by atoms with Gasteiger partial charge >= 0.3 is 0 Å². The van der Waals surface area contributed by atoms with Gasteiger partial charge in [-0.15, -0.1) is 11.3 Å². The number of hydrogen-bond acceptors (Lipinski definition) is 7. The maximum absolute atomic E-state index is 12.2. The number of hydroxylamine groups is 1. The Morgan fingerprint density at radius 3 is 2.60 bits per heavy atom. The van der Waals surface area contributed by atoms with Crippen LogP contribution < -0.4 is 10.8 Å². The lowest BCUT2D eigenvalue weighted by Gasteiger charge is -2.18. The van der Waals surface area contributed by atoms with Crippen molar-refractivity contribution >= 4 is 28.8 Å². The van der Waals surface area contributed by atoms with Gasteiger partial charge in [0.2, 0.25) is 0 Å². The van der Waals surface area contributed by atoms with Crippen molar-refractivity contribution in [3.63, 3.8) is 0 Å². The van der Waals surface area contributed by atoms with E-state index in [4.69, 9.17) is 5.21 Å². The van der Waals surface area contributed by atoms with Gasteiger partial charge < -0.3 is 10.4 Å². The van der Waals surface area contributed by atoms with Crippen LogP contribution in [0.3, 0.4) is 0 Å². The molecular formula is C15H15N3O6S. The molecule has 10 heteroatoms. The highest BCUT2D eigenvalue weighted by molar-refractivity contribution is 7.17. The zero-order valence-electron chi connectivity index (χ0n) is 13.0. The summed E-state index contributed by atoms with van der Waals surface area (Å²) in [7, 11) is 0. The molecule has 1 heterocycles. The highest BCUT2D eigenvalue weighted by Crippen LogP contribution is 2.30. The lowest BCUT2D eigenvalue weighted by molar-refractivity contribution is -0.384. The van der Waals surface area contributed by atoms with Crippen molar-refractivity contribution in [3.8, 4) is 10.4 Å². The summed E-state index contributed by atoms with van der Waals surface area (Å²) in [5.74, 6) is -1.56. The molecule has 2 amide bonds. The molecule has 132 valence electrons. The summed E-state index contributed by atoms with van der Waals surface area (Å²) in [5.41, 5.74) is 1.89. The van der Waals surface area contributed by atoms with Crippen LogP contribution >= 0.6 is 11.3 Å². The van der Waals surface area contributed by atoms with Crippen molar-refractivity contribution in [2.75, 3.05) is 0 Å². The molecule has 4 N–H and O–H groups in total. The monoisotopic (exact) mass is 365 g/mol. The summed E-state index contributed by atoms with van der Waals surface area (Å²) >= 11 is 1.08. The van der Waals surface area contributed by atoms with Crippen LogP contribution in [0.2, 0.25) is 0 Å². The summed E-state index contributed by atoms with van der Waals surface area (Å²) < 4.78 is 0. The van der Waals surface area contributed by atoms with Gasteiger partial charge in [0.05, 0.1) is 15.9 Å². The molecule has 9 nitrogen and oxygen atoms in total. The van der Waals surface area contributed by atoms with E-state index in [1.54, 1.807) is 18.2 Å². The number of aliphatic hydroxyl groups excluding tert-OH is 1. The molecule has 0 saturated carbocycles. The maximum Gasteiger partial charge on any atom is 0.270 e. The van der Waals surface area contributed by atoms with Crippen LogP contribution in [0.1, 0.15) is 16.6 Å². The molecule has 0 unspecified atom stereocenters. The van der Waals surface area contributed by atoms with Crippen molar-refractivity contribution in [2.45, 2.75) is 19.1 Å². The minimum atomic E-state index is -1.32. The van der Waals surface area contributed by atoms with Crippen molar-refractivity contribution in [1.82, 2.24) is 10.8 Å². The Labute approximate surface area is 146 Å². The minimum absolute atomic E-state index is 0.0642. The number of nitro groups is 1. The van der Waals surface area contributed by atoms with Gasteiger partial charge in [-0.05, 0) is 24.6 Å². The Hall–Kier alpha value is -2.82. The number of benzene rings is 1. The van der Waals surface area contributed by atoms with Crippen LogP contribution in [-0.4, -0.2) is 39.2 Å². The van der Waals surface area contributed by atoms with Crippen LogP contribution in [0.25, 0.3) is 10.4 Å². The van der Waals surface area contributed by atoms with E-state index < -0.39 is 28.9 Å². The van der Waals surface area contributed by atoms with Crippen molar-refractivity contribution < 1.29 is 24.8 Å². The summed E-state index contributed by atoms with van der Waals surface area (Å²) in [5, 5.41) is 31.3. The van der Waals surface area contributed by atoms with Crippen molar-refractivity contribution in [1.29, 1.82) is 0 Å². The van der Waals surface area contributed by atoms with Crippen molar-refractivity contribution in [3.05, 3.63) is 51.4 Å². The molecule has 0 aliphatic heterocycles. The van der Waals surface area contributed by atoms with E-state index in [9.17, 15) is 24.8 Å². The zero-order valence-corrected chi connectivity index (χ0v) is 13.8. The van der Waals surface area contributed by atoms with Crippen LogP contribution in [0.4, 0.5) is 5.69 Å². The number of carbonyl (C=O) groups excluding carboxylic acids is 2. The molecule has 0 spiro atoms. The molecule has 0 bridgehead atoms. The number of non-ortho nitro benzene ring substituents is 1. The molecule has 0 fully saturated rings. The average molecular weight is 365 g/mol. The van der Waals surface area contributed by atoms with Gasteiger partial charge in [-0.2, -0.15) is 0 Å². The first-order valence-electron chi connectivity index (χ1n) is 7.11. The fourth-order valence-electron chi connectivity index (χ4n) is 2.07. The molecule has 1 aromatic heterocycles. The number of nitro benzene ring substituents is 1. The zero-order chi connectivity index (χ0) is 18.6. The van der Waals surface area contributed by atoms with Gasteiger partial charge in [0, 0.05) is 17.0 Å². The van der Waals surface area contributed by atoms with Crippen LogP contribution in [0, 0.1) is 10.1 Å². The third kappa shape index (κ3) is 4.38.